The second-order valence-electron chi connectivity index (χ2n) is 4.56. The molecular weight excluding hydrogens is 238 g/mol. The van der Waals surface area contributed by atoms with E-state index >= 15 is 0 Å². The van der Waals surface area contributed by atoms with Gasteiger partial charge in [0.2, 0.25) is 5.91 Å². The molecule has 1 aliphatic carbocycles. The largest absolute Gasteiger partial charge is 0.356 e. The minimum atomic E-state index is -0.143. The summed E-state index contributed by atoms with van der Waals surface area (Å²) >= 11 is 0. The summed E-state index contributed by atoms with van der Waals surface area (Å²) in [7, 11) is 0. The van der Waals surface area contributed by atoms with Gasteiger partial charge >= 0.3 is 0 Å². The molecule has 1 atom stereocenters. The summed E-state index contributed by atoms with van der Waals surface area (Å²) in [5.41, 5.74) is 0.760. The van der Waals surface area contributed by atoms with Gasteiger partial charge in [-0.1, -0.05) is 24.5 Å². The van der Waals surface area contributed by atoms with Gasteiger partial charge in [0, 0.05) is 12.1 Å². The molecule has 99 valence electrons. The summed E-state index contributed by atoms with van der Waals surface area (Å²) in [6.45, 7) is 0.0535. The van der Waals surface area contributed by atoms with Crippen molar-refractivity contribution in [1.82, 2.24) is 0 Å². The van der Waals surface area contributed by atoms with Gasteiger partial charge in [0.05, 0.1) is 0 Å². The molecule has 1 aromatic carbocycles. The fourth-order valence-electron chi connectivity index (χ4n) is 1.95. The van der Waals surface area contributed by atoms with E-state index in [9.17, 15) is 4.79 Å². The molecule has 1 N–H and O–H groups in total. The fraction of sp³-hybridized carbons (Fsp3) is 0.438. The van der Waals surface area contributed by atoms with Crippen molar-refractivity contribution in [2.24, 2.45) is 0 Å². The van der Waals surface area contributed by atoms with E-state index < -0.39 is 0 Å². The topological polar surface area (TPSA) is 38.3 Å². The molecule has 0 aliphatic heterocycles. The number of rotatable bonds is 4. The van der Waals surface area contributed by atoms with Crippen molar-refractivity contribution in [3.63, 3.8) is 0 Å². The lowest BCUT2D eigenvalue weighted by atomic mass is 10.1. The van der Waals surface area contributed by atoms with Crippen molar-refractivity contribution >= 4 is 11.6 Å². The van der Waals surface area contributed by atoms with Gasteiger partial charge in [-0.25, -0.2) is 0 Å². The fourth-order valence-corrected chi connectivity index (χ4v) is 1.95. The number of benzene rings is 1. The van der Waals surface area contributed by atoms with Gasteiger partial charge in [-0.2, -0.15) is 0 Å². The van der Waals surface area contributed by atoms with Crippen LogP contribution < -0.4 is 5.32 Å². The molecule has 1 radical (unpaired) electrons. The molecule has 1 unspecified atom stereocenters. The molecule has 3 nitrogen and oxygen atoms in total. The van der Waals surface area contributed by atoms with Crippen molar-refractivity contribution in [3.05, 3.63) is 30.3 Å². The molecule has 0 saturated carbocycles. The highest BCUT2D eigenvalue weighted by Gasteiger charge is 2.10. The third-order valence-electron chi connectivity index (χ3n) is 2.95. The predicted octanol–water partition coefficient (Wildman–Crippen LogP) is 2.78. The summed E-state index contributed by atoms with van der Waals surface area (Å²) in [6.07, 6.45) is 5.24. The van der Waals surface area contributed by atoms with E-state index in [0.717, 1.165) is 24.9 Å². The highest BCUT2D eigenvalue weighted by molar-refractivity contribution is 5.91. The van der Waals surface area contributed by atoms with Gasteiger partial charge in [0.15, 0.2) is 0 Å². The number of hydrogen-bond acceptors (Lipinski definition) is 2. The molecule has 1 amide bonds. The smallest absolute Gasteiger partial charge is 0.250 e. The van der Waals surface area contributed by atoms with E-state index in [2.05, 4.69) is 23.2 Å². The molecule has 0 saturated heterocycles. The van der Waals surface area contributed by atoms with Crippen molar-refractivity contribution in [2.45, 2.75) is 38.2 Å². The standard InChI is InChI=1S/C16H18NO2/c18-16(17-14-9-5-4-6-10-14)13-19-15-11-7-2-1-3-8-12-15/h5-6,9-10,15H,1-3,7,11,13H2,(H,17,18). The van der Waals surface area contributed by atoms with E-state index in [1.54, 1.807) is 24.3 Å². The first-order chi connectivity index (χ1) is 9.34. The minimum Gasteiger partial charge on any atom is -0.356 e. The highest BCUT2D eigenvalue weighted by Crippen LogP contribution is 2.11. The molecule has 0 fully saturated rings. The molecule has 0 aromatic heterocycles. The minimum absolute atomic E-state index is 0.0535. The third-order valence-corrected chi connectivity index (χ3v) is 2.95. The average Bonchev–Trinajstić information content (AvgIpc) is 2.38. The van der Waals surface area contributed by atoms with E-state index in [1.165, 1.54) is 12.8 Å². The van der Waals surface area contributed by atoms with Crippen LogP contribution >= 0.6 is 0 Å². The van der Waals surface area contributed by atoms with Crippen LogP contribution in [0.3, 0.4) is 0 Å². The van der Waals surface area contributed by atoms with Gasteiger partial charge < -0.3 is 10.1 Å². The quantitative estimate of drug-likeness (QED) is 0.841. The molecule has 3 heteroatoms. The van der Waals surface area contributed by atoms with E-state index in [1.807, 2.05) is 0 Å². The summed E-state index contributed by atoms with van der Waals surface area (Å²) in [6, 6.07) is 10.0. The molecule has 0 heterocycles. The zero-order chi connectivity index (χ0) is 13.3. The number of hydrogen-bond donors (Lipinski definition) is 1. The van der Waals surface area contributed by atoms with Gasteiger partial charge in [-0.3, -0.25) is 4.79 Å². The number of amides is 1. The Hall–Kier alpha value is -1.79. The van der Waals surface area contributed by atoms with Crippen LogP contribution in [0.15, 0.2) is 24.3 Å². The van der Waals surface area contributed by atoms with Crippen LogP contribution in [0.5, 0.6) is 0 Å². The highest BCUT2D eigenvalue weighted by atomic mass is 16.5. The Balaban J connectivity index is 1.76. The van der Waals surface area contributed by atoms with Crippen LogP contribution in [0.2, 0.25) is 0 Å². The Labute approximate surface area is 114 Å². The van der Waals surface area contributed by atoms with Crippen LogP contribution in [0.1, 0.15) is 32.1 Å². The van der Waals surface area contributed by atoms with Crippen LogP contribution in [-0.2, 0) is 9.53 Å². The van der Waals surface area contributed by atoms with Crippen molar-refractivity contribution in [1.29, 1.82) is 0 Å². The Morgan fingerprint density at radius 3 is 3.00 bits per heavy atom. The van der Waals surface area contributed by atoms with E-state index in [-0.39, 0.29) is 18.6 Å². The van der Waals surface area contributed by atoms with Gasteiger partial charge in [-0.15, -0.1) is 5.92 Å². The number of anilines is 1. The zero-order valence-electron chi connectivity index (χ0n) is 10.9. The summed E-state index contributed by atoms with van der Waals surface area (Å²) in [4.78, 5) is 11.7. The lowest BCUT2D eigenvalue weighted by Crippen LogP contribution is -2.22. The van der Waals surface area contributed by atoms with Crippen LogP contribution in [0.4, 0.5) is 5.69 Å². The van der Waals surface area contributed by atoms with E-state index in [0.29, 0.717) is 0 Å². The Morgan fingerprint density at radius 2 is 2.16 bits per heavy atom. The maximum Gasteiger partial charge on any atom is 0.250 e. The summed E-state index contributed by atoms with van der Waals surface area (Å²) < 4.78 is 5.56. The predicted molar refractivity (Wildman–Crippen MR) is 74.5 cm³/mol. The van der Waals surface area contributed by atoms with Crippen molar-refractivity contribution in [2.75, 3.05) is 11.9 Å². The monoisotopic (exact) mass is 256 g/mol. The number of carbonyl (C=O) groups is 1. The third kappa shape index (κ3) is 5.15. The van der Waals surface area contributed by atoms with Crippen LogP contribution in [0.25, 0.3) is 0 Å². The second kappa shape index (κ2) is 7.60. The molecule has 19 heavy (non-hydrogen) atoms. The molecule has 0 spiro atoms. The van der Waals surface area contributed by atoms with Gasteiger partial charge in [0.25, 0.3) is 0 Å². The Bertz CT molecular complexity index is 459. The Morgan fingerprint density at radius 1 is 1.32 bits per heavy atom. The second-order valence-corrected chi connectivity index (χ2v) is 4.56. The maximum absolute atomic E-state index is 11.7. The maximum atomic E-state index is 11.7. The van der Waals surface area contributed by atoms with E-state index in [4.69, 9.17) is 4.74 Å². The molecular formula is C16H18NO2. The lowest BCUT2D eigenvalue weighted by Gasteiger charge is -2.13. The average molecular weight is 256 g/mol. The number of carbonyl (C=O) groups excluding carboxylic acids is 1. The number of nitrogens with one attached hydrogen (secondary N) is 1. The first kappa shape index (κ1) is 13.6. The normalized spacial score (nSPS) is 18.6. The Kier molecular flexibility index (Phi) is 5.46. The summed E-state index contributed by atoms with van der Waals surface area (Å²) in [5, 5.41) is 2.78. The SMILES string of the molecule is O=C(COC1C#CCCCCC1)Nc1cc[c]cc1. The van der Waals surface area contributed by atoms with Crippen molar-refractivity contribution in [3.8, 4) is 11.8 Å². The first-order valence-electron chi connectivity index (χ1n) is 6.70. The molecule has 1 aliphatic rings. The zero-order valence-corrected chi connectivity index (χ0v) is 10.9. The van der Waals surface area contributed by atoms with Gasteiger partial charge in [0.1, 0.15) is 12.7 Å². The summed E-state index contributed by atoms with van der Waals surface area (Å²) in [5.74, 6) is 6.04. The lowest BCUT2D eigenvalue weighted by molar-refractivity contribution is -0.121. The number of ether oxygens (including phenoxy) is 1. The molecule has 1 aromatic rings. The molecule has 2 rings (SSSR count). The van der Waals surface area contributed by atoms with Crippen molar-refractivity contribution < 1.29 is 9.53 Å². The van der Waals surface area contributed by atoms with Crippen LogP contribution in [-0.4, -0.2) is 18.6 Å². The molecule has 0 bridgehead atoms. The van der Waals surface area contributed by atoms with Crippen LogP contribution in [0, 0.1) is 17.9 Å². The van der Waals surface area contributed by atoms with Gasteiger partial charge in [-0.05, 0) is 37.5 Å². The first-order valence-corrected chi connectivity index (χ1v) is 6.70.